The number of ketones is 1. The van der Waals surface area contributed by atoms with Crippen molar-refractivity contribution < 1.29 is 4.79 Å². The maximum absolute atomic E-state index is 11.0. The molecule has 0 aromatic rings. The smallest absolute Gasteiger partial charge is 0.135 e. The van der Waals surface area contributed by atoms with Gasteiger partial charge < -0.3 is 0 Å². The van der Waals surface area contributed by atoms with E-state index in [2.05, 4.69) is 6.92 Å². The summed E-state index contributed by atoms with van der Waals surface area (Å²) in [6, 6.07) is 0. The van der Waals surface area contributed by atoms with Gasteiger partial charge in [-0.25, -0.2) is 0 Å². The molecular formula is C8H13O. The van der Waals surface area contributed by atoms with Crippen LogP contribution in [0.25, 0.3) is 0 Å². The number of rotatable bonds is 3. The van der Waals surface area contributed by atoms with Crippen LogP contribution in [0.3, 0.4) is 0 Å². The van der Waals surface area contributed by atoms with E-state index in [1.165, 1.54) is 6.42 Å². The first-order valence-corrected chi connectivity index (χ1v) is 3.66. The summed E-state index contributed by atoms with van der Waals surface area (Å²) in [4.78, 5) is 11.0. The summed E-state index contributed by atoms with van der Waals surface area (Å²) in [7, 11) is 0. The van der Waals surface area contributed by atoms with Gasteiger partial charge in [-0.1, -0.05) is 13.3 Å². The van der Waals surface area contributed by atoms with Gasteiger partial charge in [0.2, 0.25) is 0 Å². The summed E-state index contributed by atoms with van der Waals surface area (Å²) < 4.78 is 0. The van der Waals surface area contributed by atoms with E-state index in [4.69, 9.17) is 0 Å². The molecule has 0 spiro atoms. The van der Waals surface area contributed by atoms with Gasteiger partial charge in [0.25, 0.3) is 0 Å². The lowest BCUT2D eigenvalue weighted by atomic mass is 9.81. The van der Waals surface area contributed by atoms with Crippen molar-refractivity contribution in [3.63, 3.8) is 0 Å². The first-order valence-electron chi connectivity index (χ1n) is 3.66. The summed E-state index contributed by atoms with van der Waals surface area (Å²) in [6.45, 7) is 3.65. The van der Waals surface area contributed by atoms with Crippen LogP contribution in [0.4, 0.5) is 0 Å². The second-order valence-electron chi connectivity index (χ2n) is 2.70. The highest BCUT2D eigenvalue weighted by Gasteiger charge is 2.23. The minimum absolute atomic E-state index is 0.423. The van der Waals surface area contributed by atoms with Gasteiger partial charge in [0.1, 0.15) is 5.78 Å². The molecule has 1 aliphatic carbocycles. The van der Waals surface area contributed by atoms with Crippen molar-refractivity contribution >= 4 is 5.78 Å². The maximum Gasteiger partial charge on any atom is 0.135 e. The summed E-state index contributed by atoms with van der Waals surface area (Å²) in [5, 5.41) is 0. The molecule has 1 heteroatoms. The average Bonchev–Trinajstić information content (AvgIpc) is 1.60. The highest BCUT2D eigenvalue weighted by atomic mass is 16.1. The van der Waals surface area contributed by atoms with Crippen molar-refractivity contribution in [3.8, 4) is 0 Å². The first-order chi connectivity index (χ1) is 4.34. The van der Waals surface area contributed by atoms with Crippen molar-refractivity contribution in [2.45, 2.75) is 32.1 Å². The molecule has 0 heterocycles. The van der Waals surface area contributed by atoms with Crippen LogP contribution in [-0.2, 0) is 4.79 Å². The van der Waals surface area contributed by atoms with Gasteiger partial charge in [0, 0.05) is 12.3 Å². The SMILES string of the molecule is [CH2]CCC(=O)C1CCC1. The van der Waals surface area contributed by atoms with E-state index in [0.717, 1.165) is 19.3 Å². The normalized spacial score (nSPS) is 19.2. The fourth-order valence-electron chi connectivity index (χ4n) is 1.11. The van der Waals surface area contributed by atoms with Crippen molar-refractivity contribution in [1.29, 1.82) is 0 Å². The van der Waals surface area contributed by atoms with E-state index < -0.39 is 0 Å². The van der Waals surface area contributed by atoms with Crippen LogP contribution in [0.1, 0.15) is 32.1 Å². The standard InChI is InChI=1S/C8H13O/c1-2-4-8(9)7-5-3-6-7/h7H,1-6H2. The quantitative estimate of drug-likeness (QED) is 0.563. The topological polar surface area (TPSA) is 17.1 Å². The Balaban J connectivity index is 2.16. The average molecular weight is 125 g/mol. The number of carbonyl (C=O) groups is 1. The number of Topliss-reactive ketones (excluding diaryl/α,β-unsaturated/α-hetero) is 1. The Morgan fingerprint density at radius 2 is 2.22 bits per heavy atom. The molecule has 0 amide bonds. The van der Waals surface area contributed by atoms with Crippen molar-refractivity contribution in [2.75, 3.05) is 0 Å². The Labute approximate surface area is 56.4 Å². The largest absolute Gasteiger partial charge is 0.299 e. The Morgan fingerprint density at radius 3 is 2.56 bits per heavy atom. The molecule has 9 heavy (non-hydrogen) atoms. The molecule has 51 valence electrons. The lowest BCUT2D eigenvalue weighted by Gasteiger charge is -2.23. The fraction of sp³-hybridized carbons (Fsp3) is 0.750. The molecule has 0 bridgehead atoms. The molecule has 0 aromatic carbocycles. The van der Waals surface area contributed by atoms with Crippen molar-refractivity contribution in [3.05, 3.63) is 6.92 Å². The lowest BCUT2D eigenvalue weighted by Crippen LogP contribution is -2.21. The van der Waals surface area contributed by atoms with Gasteiger partial charge in [0.15, 0.2) is 0 Å². The molecule has 1 rings (SSSR count). The molecule has 1 nitrogen and oxygen atoms in total. The third kappa shape index (κ3) is 1.54. The zero-order valence-corrected chi connectivity index (χ0v) is 5.73. The van der Waals surface area contributed by atoms with Crippen LogP contribution in [0.2, 0.25) is 0 Å². The molecular weight excluding hydrogens is 112 g/mol. The Morgan fingerprint density at radius 1 is 1.56 bits per heavy atom. The fourth-order valence-corrected chi connectivity index (χ4v) is 1.11. The Hall–Kier alpha value is -0.330. The van der Waals surface area contributed by atoms with Gasteiger partial charge in [-0.3, -0.25) is 4.79 Å². The van der Waals surface area contributed by atoms with Crippen LogP contribution < -0.4 is 0 Å². The number of hydrogen-bond acceptors (Lipinski definition) is 1. The van der Waals surface area contributed by atoms with Crippen molar-refractivity contribution in [2.24, 2.45) is 5.92 Å². The third-order valence-corrected chi connectivity index (χ3v) is 1.98. The molecule has 1 fully saturated rings. The van der Waals surface area contributed by atoms with Gasteiger partial charge >= 0.3 is 0 Å². The third-order valence-electron chi connectivity index (χ3n) is 1.98. The lowest BCUT2D eigenvalue weighted by molar-refractivity contribution is -0.125. The second kappa shape index (κ2) is 3.00. The summed E-state index contributed by atoms with van der Waals surface area (Å²) in [5.74, 6) is 0.864. The highest BCUT2D eigenvalue weighted by Crippen LogP contribution is 2.28. The van der Waals surface area contributed by atoms with E-state index in [-0.39, 0.29) is 0 Å². The minimum atomic E-state index is 0.423. The van der Waals surface area contributed by atoms with Gasteiger partial charge in [0.05, 0.1) is 0 Å². The van der Waals surface area contributed by atoms with E-state index in [1.54, 1.807) is 0 Å². The monoisotopic (exact) mass is 125 g/mol. The molecule has 0 aliphatic heterocycles. The molecule has 1 radical (unpaired) electrons. The minimum Gasteiger partial charge on any atom is -0.299 e. The van der Waals surface area contributed by atoms with Crippen LogP contribution >= 0.6 is 0 Å². The molecule has 1 aliphatic rings. The molecule has 0 unspecified atom stereocenters. The molecule has 0 atom stereocenters. The van der Waals surface area contributed by atoms with E-state index in [0.29, 0.717) is 18.1 Å². The zero-order valence-electron chi connectivity index (χ0n) is 5.73. The molecule has 0 saturated heterocycles. The van der Waals surface area contributed by atoms with Gasteiger partial charge in [-0.05, 0) is 19.3 Å². The van der Waals surface area contributed by atoms with E-state index >= 15 is 0 Å². The van der Waals surface area contributed by atoms with Crippen LogP contribution in [0.15, 0.2) is 0 Å². The predicted octanol–water partition coefficient (Wildman–Crippen LogP) is 1.97. The first kappa shape index (κ1) is 6.79. The van der Waals surface area contributed by atoms with Crippen molar-refractivity contribution in [1.82, 2.24) is 0 Å². The molecule has 1 saturated carbocycles. The van der Waals surface area contributed by atoms with E-state index in [1.807, 2.05) is 0 Å². The zero-order chi connectivity index (χ0) is 6.69. The maximum atomic E-state index is 11.0. The van der Waals surface area contributed by atoms with Gasteiger partial charge in [-0.2, -0.15) is 0 Å². The predicted molar refractivity (Wildman–Crippen MR) is 36.9 cm³/mol. The van der Waals surface area contributed by atoms with Gasteiger partial charge in [-0.15, -0.1) is 0 Å². The van der Waals surface area contributed by atoms with Crippen LogP contribution in [-0.4, -0.2) is 5.78 Å². The van der Waals surface area contributed by atoms with E-state index in [9.17, 15) is 4.79 Å². The Bertz CT molecular complexity index is 103. The number of carbonyl (C=O) groups excluding carboxylic acids is 1. The number of hydrogen-bond donors (Lipinski definition) is 0. The molecule has 0 N–H and O–H groups in total. The summed E-state index contributed by atoms with van der Waals surface area (Å²) >= 11 is 0. The summed E-state index contributed by atoms with van der Waals surface area (Å²) in [6.07, 6.45) is 5.01. The summed E-state index contributed by atoms with van der Waals surface area (Å²) in [5.41, 5.74) is 0. The highest BCUT2D eigenvalue weighted by molar-refractivity contribution is 5.81. The Kier molecular flexibility index (Phi) is 2.26. The van der Waals surface area contributed by atoms with Crippen LogP contribution in [0, 0.1) is 12.8 Å². The second-order valence-corrected chi connectivity index (χ2v) is 2.70. The molecule has 0 aromatic heterocycles. The van der Waals surface area contributed by atoms with Crippen LogP contribution in [0.5, 0.6) is 0 Å².